The summed E-state index contributed by atoms with van der Waals surface area (Å²) >= 11 is 0. The highest BCUT2D eigenvalue weighted by Gasteiger charge is 2.28. The van der Waals surface area contributed by atoms with Crippen LogP contribution in [0.2, 0.25) is 0 Å². The second kappa shape index (κ2) is 4.76. The average Bonchev–Trinajstić information content (AvgIpc) is 2.13. The molecular formula is C13H15FO4. The second-order valence-corrected chi connectivity index (χ2v) is 4.91. The molecule has 4 nitrogen and oxygen atoms in total. The Morgan fingerprint density at radius 1 is 1.28 bits per heavy atom. The predicted octanol–water partition coefficient (Wildman–Crippen LogP) is 2.58. The van der Waals surface area contributed by atoms with Crippen molar-refractivity contribution in [1.82, 2.24) is 0 Å². The van der Waals surface area contributed by atoms with Crippen molar-refractivity contribution in [3.63, 3.8) is 0 Å². The van der Waals surface area contributed by atoms with Gasteiger partial charge in [-0.3, -0.25) is 4.79 Å². The zero-order valence-corrected chi connectivity index (χ0v) is 10.5. The number of carboxylic acid groups (broad SMARTS) is 2. The van der Waals surface area contributed by atoms with Gasteiger partial charge < -0.3 is 10.2 Å². The van der Waals surface area contributed by atoms with Gasteiger partial charge >= 0.3 is 11.9 Å². The molecule has 0 amide bonds. The third-order valence-electron chi connectivity index (χ3n) is 2.87. The van der Waals surface area contributed by atoms with Gasteiger partial charge in [0.15, 0.2) is 0 Å². The Morgan fingerprint density at radius 2 is 1.83 bits per heavy atom. The molecule has 0 atom stereocenters. The summed E-state index contributed by atoms with van der Waals surface area (Å²) in [6.07, 6.45) is -0.272. The number of hydrogen-bond acceptors (Lipinski definition) is 2. The number of carboxylic acids is 2. The molecule has 0 aromatic heterocycles. The van der Waals surface area contributed by atoms with Crippen molar-refractivity contribution in [3.8, 4) is 0 Å². The van der Waals surface area contributed by atoms with Gasteiger partial charge in [0, 0.05) is 5.41 Å². The summed E-state index contributed by atoms with van der Waals surface area (Å²) in [5, 5.41) is 17.8. The van der Waals surface area contributed by atoms with Gasteiger partial charge in [-0.2, -0.15) is 0 Å². The van der Waals surface area contributed by atoms with E-state index in [1.165, 1.54) is 13.0 Å². The van der Waals surface area contributed by atoms with Crippen LogP contribution in [0, 0.1) is 12.7 Å². The minimum Gasteiger partial charge on any atom is -0.481 e. The first-order valence-electron chi connectivity index (χ1n) is 5.41. The van der Waals surface area contributed by atoms with E-state index in [4.69, 9.17) is 10.2 Å². The maximum absolute atomic E-state index is 13.9. The highest BCUT2D eigenvalue weighted by Crippen LogP contribution is 2.31. The maximum Gasteiger partial charge on any atom is 0.335 e. The minimum absolute atomic E-state index is 0.00939. The molecular weight excluding hydrogens is 239 g/mol. The summed E-state index contributed by atoms with van der Waals surface area (Å²) < 4.78 is 13.9. The summed E-state index contributed by atoms with van der Waals surface area (Å²) in [5.74, 6) is -2.79. The molecule has 0 heterocycles. The Balaban J connectivity index is 3.36. The lowest BCUT2D eigenvalue weighted by molar-refractivity contribution is -0.138. The third-order valence-corrected chi connectivity index (χ3v) is 2.87. The first kappa shape index (κ1) is 14.2. The van der Waals surface area contributed by atoms with Gasteiger partial charge in [0.2, 0.25) is 0 Å². The van der Waals surface area contributed by atoms with Gasteiger partial charge in [-0.1, -0.05) is 13.8 Å². The van der Waals surface area contributed by atoms with Gasteiger partial charge in [0.25, 0.3) is 0 Å². The highest BCUT2D eigenvalue weighted by atomic mass is 19.1. The molecule has 0 radical (unpaired) electrons. The molecule has 0 aliphatic rings. The van der Waals surface area contributed by atoms with E-state index < -0.39 is 23.2 Å². The lowest BCUT2D eigenvalue weighted by Crippen LogP contribution is -2.24. The van der Waals surface area contributed by atoms with Crippen molar-refractivity contribution in [2.75, 3.05) is 0 Å². The summed E-state index contributed by atoms with van der Waals surface area (Å²) in [5.41, 5.74) is -0.555. The van der Waals surface area contributed by atoms with Crippen molar-refractivity contribution in [2.24, 2.45) is 0 Å². The van der Waals surface area contributed by atoms with Gasteiger partial charge in [0.05, 0.1) is 12.0 Å². The van der Waals surface area contributed by atoms with Crippen LogP contribution in [0.1, 0.15) is 41.8 Å². The van der Waals surface area contributed by atoms with Gasteiger partial charge in [-0.15, -0.1) is 0 Å². The molecule has 0 saturated carbocycles. The molecule has 1 aromatic rings. The zero-order chi connectivity index (χ0) is 14.1. The summed E-state index contributed by atoms with van der Waals surface area (Å²) in [4.78, 5) is 21.7. The molecule has 0 saturated heterocycles. The Kier molecular flexibility index (Phi) is 3.74. The van der Waals surface area contributed by atoms with E-state index in [2.05, 4.69) is 0 Å². The zero-order valence-electron chi connectivity index (χ0n) is 10.5. The second-order valence-electron chi connectivity index (χ2n) is 4.91. The van der Waals surface area contributed by atoms with Crippen LogP contribution in [0.3, 0.4) is 0 Å². The van der Waals surface area contributed by atoms with Crippen LogP contribution in [0.25, 0.3) is 0 Å². The van der Waals surface area contributed by atoms with E-state index in [0.717, 1.165) is 6.07 Å². The van der Waals surface area contributed by atoms with Crippen LogP contribution in [0.5, 0.6) is 0 Å². The number of aryl methyl sites for hydroxylation is 1. The number of aromatic carboxylic acids is 1. The van der Waals surface area contributed by atoms with Crippen LogP contribution in [0.4, 0.5) is 4.39 Å². The number of rotatable bonds is 4. The lowest BCUT2D eigenvalue weighted by Gasteiger charge is -2.24. The SMILES string of the molecule is Cc1cc(F)c(C(C)(C)CC(=O)O)cc1C(=O)O. The van der Waals surface area contributed by atoms with Gasteiger partial charge in [-0.05, 0) is 30.2 Å². The molecule has 0 fully saturated rings. The molecule has 18 heavy (non-hydrogen) atoms. The first-order valence-corrected chi connectivity index (χ1v) is 5.41. The van der Waals surface area contributed by atoms with Gasteiger partial charge in [0.1, 0.15) is 5.82 Å². The largest absolute Gasteiger partial charge is 0.481 e. The summed E-state index contributed by atoms with van der Waals surface area (Å²) in [6.45, 7) is 4.64. The van der Waals surface area contributed by atoms with Crippen LogP contribution in [-0.2, 0) is 10.2 Å². The van der Waals surface area contributed by atoms with Crippen molar-refractivity contribution in [1.29, 1.82) is 0 Å². The number of carbonyl (C=O) groups is 2. The van der Waals surface area contributed by atoms with E-state index in [1.54, 1.807) is 13.8 Å². The van der Waals surface area contributed by atoms with E-state index in [-0.39, 0.29) is 17.5 Å². The Bertz CT molecular complexity index is 506. The number of hydrogen-bond donors (Lipinski definition) is 2. The molecule has 0 aliphatic carbocycles. The third kappa shape index (κ3) is 2.85. The Morgan fingerprint density at radius 3 is 2.28 bits per heavy atom. The van der Waals surface area contributed by atoms with Crippen LogP contribution < -0.4 is 0 Å². The Hall–Kier alpha value is -1.91. The molecule has 1 rings (SSSR count). The standard InChI is InChI=1S/C13H15FO4/c1-7-4-10(14)9(5-8(7)12(17)18)13(2,3)6-11(15)16/h4-5H,6H2,1-3H3,(H,15,16)(H,17,18). The quantitative estimate of drug-likeness (QED) is 0.866. The van der Waals surface area contributed by atoms with Crippen molar-refractivity contribution < 1.29 is 24.2 Å². The van der Waals surface area contributed by atoms with Crippen LogP contribution >= 0.6 is 0 Å². The molecule has 0 unspecified atom stereocenters. The summed E-state index contributed by atoms with van der Waals surface area (Å²) in [6, 6.07) is 2.35. The number of aliphatic carboxylic acids is 1. The van der Waals surface area contributed by atoms with Crippen molar-refractivity contribution in [2.45, 2.75) is 32.6 Å². The number of halogens is 1. The summed E-state index contributed by atoms with van der Waals surface area (Å²) in [7, 11) is 0. The predicted molar refractivity (Wildman–Crippen MR) is 63.4 cm³/mol. The average molecular weight is 254 g/mol. The fraction of sp³-hybridized carbons (Fsp3) is 0.385. The monoisotopic (exact) mass is 254 g/mol. The van der Waals surface area contributed by atoms with Gasteiger partial charge in [-0.25, -0.2) is 9.18 Å². The van der Waals surface area contributed by atoms with Crippen LogP contribution in [-0.4, -0.2) is 22.2 Å². The molecule has 98 valence electrons. The Labute approximate surface area is 104 Å². The highest BCUT2D eigenvalue weighted by molar-refractivity contribution is 5.89. The van der Waals surface area contributed by atoms with E-state index in [9.17, 15) is 14.0 Å². The van der Waals surface area contributed by atoms with E-state index in [0.29, 0.717) is 5.56 Å². The molecule has 0 aliphatic heterocycles. The van der Waals surface area contributed by atoms with Crippen molar-refractivity contribution >= 4 is 11.9 Å². The van der Waals surface area contributed by atoms with E-state index >= 15 is 0 Å². The fourth-order valence-electron chi connectivity index (χ4n) is 1.90. The molecule has 0 bridgehead atoms. The first-order chi connectivity index (χ1) is 8.15. The minimum atomic E-state index is -1.15. The van der Waals surface area contributed by atoms with E-state index in [1.807, 2.05) is 0 Å². The smallest absolute Gasteiger partial charge is 0.335 e. The van der Waals surface area contributed by atoms with Crippen molar-refractivity contribution in [3.05, 3.63) is 34.6 Å². The van der Waals surface area contributed by atoms with Crippen LogP contribution in [0.15, 0.2) is 12.1 Å². The molecule has 0 spiro atoms. The number of benzene rings is 1. The molecule has 1 aromatic carbocycles. The molecule has 5 heteroatoms. The topological polar surface area (TPSA) is 74.6 Å². The fourth-order valence-corrected chi connectivity index (χ4v) is 1.90. The maximum atomic E-state index is 13.9. The normalized spacial score (nSPS) is 11.3. The molecule has 2 N–H and O–H groups in total. The lowest BCUT2D eigenvalue weighted by atomic mass is 9.80.